The van der Waals surface area contributed by atoms with Crippen molar-refractivity contribution in [2.24, 2.45) is 0 Å². The molecule has 0 heterocycles. The highest BCUT2D eigenvalue weighted by Crippen LogP contribution is 2.36. The second kappa shape index (κ2) is 9.40. The Bertz CT molecular complexity index is 958. The molecule has 0 unspecified atom stereocenters. The van der Waals surface area contributed by atoms with Gasteiger partial charge < -0.3 is 14.8 Å². The zero-order valence-electron chi connectivity index (χ0n) is 15.3. The molecular weight excluding hydrogens is 390 g/mol. The number of hydrogen-bond acceptors (Lipinski definition) is 6. The smallest absolute Gasteiger partial charge is 0.387 e. The summed E-state index contributed by atoms with van der Waals surface area (Å²) < 4.78 is 34.1. The number of amides is 1. The Morgan fingerprint density at radius 1 is 1.17 bits per heavy atom. The van der Waals surface area contributed by atoms with Crippen molar-refractivity contribution in [3.8, 4) is 11.5 Å². The first-order chi connectivity index (χ1) is 13.7. The van der Waals surface area contributed by atoms with E-state index in [2.05, 4.69) is 10.1 Å². The number of rotatable bonds is 8. The van der Waals surface area contributed by atoms with E-state index in [1.54, 1.807) is 12.1 Å². The summed E-state index contributed by atoms with van der Waals surface area (Å²) in [5, 5.41) is 13.8. The molecule has 0 spiro atoms. The van der Waals surface area contributed by atoms with Crippen LogP contribution in [0.5, 0.6) is 11.5 Å². The molecule has 0 bridgehead atoms. The van der Waals surface area contributed by atoms with Crippen molar-refractivity contribution in [1.82, 2.24) is 0 Å². The van der Waals surface area contributed by atoms with Gasteiger partial charge in [-0.3, -0.25) is 19.7 Å². The lowest BCUT2D eigenvalue weighted by atomic mass is 10.1. The number of methoxy groups -OCH3 is 1. The average molecular weight is 406 g/mol. The topological polar surface area (TPSA) is 108 Å². The third-order valence-corrected chi connectivity index (χ3v) is 3.70. The van der Waals surface area contributed by atoms with Crippen LogP contribution in [0.25, 0.3) is 6.08 Å². The minimum atomic E-state index is -3.19. The SMILES string of the molecule is COc1cc(/C=C/C(=O)Nc2ccc(C(C)=O)cc2)c([N+](=O)[O-])cc1OC(F)F. The number of carbonyl (C=O) groups excluding carboxylic acids is 2. The highest BCUT2D eigenvalue weighted by Gasteiger charge is 2.20. The molecule has 0 aliphatic rings. The lowest BCUT2D eigenvalue weighted by Crippen LogP contribution is -2.08. The third-order valence-electron chi connectivity index (χ3n) is 3.70. The molecular formula is C19H16F2N2O6. The number of alkyl halides is 2. The highest BCUT2D eigenvalue weighted by molar-refractivity contribution is 6.02. The first-order valence-corrected chi connectivity index (χ1v) is 8.12. The lowest BCUT2D eigenvalue weighted by molar-refractivity contribution is -0.385. The molecule has 0 aromatic heterocycles. The van der Waals surface area contributed by atoms with E-state index in [1.807, 2.05) is 0 Å². The highest BCUT2D eigenvalue weighted by atomic mass is 19.3. The van der Waals surface area contributed by atoms with Crippen LogP contribution in [0.3, 0.4) is 0 Å². The van der Waals surface area contributed by atoms with Crippen LogP contribution in [-0.4, -0.2) is 30.3 Å². The Morgan fingerprint density at radius 3 is 2.34 bits per heavy atom. The van der Waals surface area contributed by atoms with Gasteiger partial charge in [0.1, 0.15) is 0 Å². The molecule has 0 saturated carbocycles. The number of nitro groups is 1. The third kappa shape index (κ3) is 5.83. The van der Waals surface area contributed by atoms with Gasteiger partial charge in [-0.05, 0) is 43.3 Å². The Morgan fingerprint density at radius 2 is 1.83 bits per heavy atom. The number of benzene rings is 2. The van der Waals surface area contributed by atoms with Crippen LogP contribution in [0.1, 0.15) is 22.8 Å². The van der Waals surface area contributed by atoms with E-state index >= 15 is 0 Å². The van der Waals surface area contributed by atoms with Crippen LogP contribution in [0.2, 0.25) is 0 Å². The zero-order chi connectivity index (χ0) is 21.6. The Balaban J connectivity index is 2.24. The van der Waals surface area contributed by atoms with Crippen molar-refractivity contribution in [3.05, 3.63) is 63.7 Å². The molecule has 2 aromatic rings. The molecule has 29 heavy (non-hydrogen) atoms. The van der Waals surface area contributed by atoms with Crippen LogP contribution in [0.15, 0.2) is 42.5 Å². The maximum Gasteiger partial charge on any atom is 0.387 e. The zero-order valence-corrected chi connectivity index (χ0v) is 15.3. The molecule has 8 nitrogen and oxygen atoms in total. The van der Waals surface area contributed by atoms with Gasteiger partial charge in [-0.15, -0.1) is 0 Å². The first-order valence-electron chi connectivity index (χ1n) is 8.12. The van der Waals surface area contributed by atoms with Crippen LogP contribution in [0.4, 0.5) is 20.2 Å². The van der Waals surface area contributed by atoms with Gasteiger partial charge in [0.2, 0.25) is 5.91 Å². The van der Waals surface area contributed by atoms with Crippen molar-refractivity contribution in [2.75, 3.05) is 12.4 Å². The van der Waals surface area contributed by atoms with Crippen molar-refractivity contribution in [3.63, 3.8) is 0 Å². The molecule has 10 heteroatoms. The van der Waals surface area contributed by atoms with E-state index < -0.39 is 28.9 Å². The van der Waals surface area contributed by atoms with E-state index in [4.69, 9.17) is 4.74 Å². The van der Waals surface area contributed by atoms with Gasteiger partial charge in [-0.2, -0.15) is 8.78 Å². The fourth-order valence-corrected chi connectivity index (χ4v) is 2.34. The maximum absolute atomic E-state index is 12.5. The molecule has 1 amide bonds. The van der Waals surface area contributed by atoms with Gasteiger partial charge >= 0.3 is 6.61 Å². The van der Waals surface area contributed by atoms with E-state index in [0.717, 1.165) is 24.3 Å². The summed E-state index contributed by atoms with van der Waals surface area (Å²) in [7, 11) is 1.18. The molecule has 0 aliphatic heterocycles. The van der Waals surface area contributed by atoms with Crippen LogP contribution >= 0.6 is 0 Å². The lowest BCUT2D eigenvalue weighted by Gasteiger charge is -2.10. The number of nitro benzene ring substituents is 1. The summed E-state index contributed by atoms with van der Waals surface area (Å²) in [4.78, 5) is 33.8. The van der Waals surface area contributed by atoms with Gasteiger partial charge in [-0.25, -0.2) is 0 Å². The molecule has 2 rings (SSSR count). The maximum atomic E-state index is 12.5. The Labute approximate surface area is 163 Å². The molecule has 0 fully saturated rings. The molecule has 152 valence electrons. The first kappa shape index (κ1) is 21.5. The molecule has 2 aromatic carbocycles. The van der Waals surface area contributed by atoms with Crippen molar-refractivity contribution in [2.45, 2.75) is 13.5 Å². The summed E-state index contributed by atoms with van der Waals surface area (Å²) in [5.74, 6) is -1.37. The number of ether oxygens (including phenoxy) is 2. The fourth-order valence-electron chi connectivity index (χ4n) is 2.34. The van der Waals surface area contributed by atoms with Crippen molar-refractivity contribution in [1.29, 1.82) is 0 Å². The fraction of sp³-hybridized carbons (Fsp3) is 0.158. The largest absolute Gasteiger partial charge is 0.493 e. The van der Waals surface area contributed by atoms with Gasteiger partial charge in [0.25, 0.3) is 5.69 Å². The van der Waals surface area contributed by atoms with Crippen LogP contribution in [-0.2, 0) is 4.79 Å². The number of anilines is 1. The number of hydrogen-bond donors (Lipinski definition) is 1. The van der Waals surface area contributed by atoms with E-state index in [9.17, 15) is 28.5 Å². The predicted molar refractivity (Wildman–Crippen MR) is 100 cm³/mol. The number of nitrogens with zero attached hydrogens (tertiary/aromatic N) is 1. The molecule has 0 aliphatic carbocycles. The summed E-state index contributed by atoms with van der Waals surface area (Å²) >= 11 is 0. The number of nitrogens with one attached hydrogen (secondary N) is 1. The summed E-state index contributed by atoms with van der Waals surface area (Å²) in [6.45, 7) is -1.78. The quantitative estimate of drug-likeness (QED) is 0.307. The molecule has 0 radical (unpaired) electrons. The number of carbonyl (C=O) groups is 2. The van der Waals surface area contributed by atoms with Crippen molar-refractivity contribution >= 4 is 29.1 Å². The number of ketones is 1. The van der Waals surface area contributed by atoms with Crippen molar-refractivity contribution < 1.29 is 32.8 Å². The van der Waals surface area contributed by atoms with Gasteiger partial charge in [0.15, 0.2) is 17.3 Å². The minimum absolute atomic E-state index is 0.0458. The normalized spacial score (nSPS) is 10.8. The predicted octanol–water partition coefficient (Wildman–Crippen LogP) is 4.06. The number of halogens is 2. The molecule has 1 N–H and O–H groups in total. The standard InChI is InChI=1S/C19H16F2N2O6/c1-11(24)12-3-6-14(7-4-12)22-18(25)8-5-13-9-16(28-2)17(29-19(20)21)10-15(13)23(26)27/h3-10,19H,1-2H3,(H,22,25)/b8-5+. The summed E-state index contributed by atoms with van der Waals surface area (Å²) in [5.41, 5.74) is 0.302. The van der Waals surface area contributed by atoms with Gasteiger partial charge in [0.05, 0.1) is 23.7 Å². The monoisotopic (exact) mass is 406 g/mol. The second-order valence-corrected chi connectivity index (χ2v) is 5.65. The van der Waals surface area contributed by atoms with E-state index in [0.29, 0.717) is 11.3 Å². The van der Waals surface area contributed by atoms with Crippen LogP contribution < -0.4 is 14.8 Å². The Hall–Kier alpha value is -3.82. The average Bonchev–Trinajstić information content (AvgIpc) is 2.66. The van der Waals surface area contributed by atoms with Gasteiger partial charge in [-0.1, -0.05) is 0 Å². The molecule has 0 saturated heterocycles. The number of Topliss-reactive ketones (excluding diaryl/α,β-unsaturated/α-hetero) is 1. The van der Waals surface area contributed by atoms with E-state index in [-0.39, 0.29) is 17.1 Å². The van der Waals surface area contributed by atoms with Crippen LogP contribution in [0, 0.1) is 10.1 Å². The second-order valence-electron chi connectivity index (χ2n) is 5.65. The minimum Gasteiger partial charge on any atom is -0.493 e. The summed E-state index contributed by atoms with van der Waals surface area (Å²) in [6.07, 6.45) is 2.18. The van der Waals surface area contributed by atoms with Gasteiger partial charge in [0, 0.05) is 17.3 Å². The summed E-state index contributed by atoms with van der Waals surface area (Å²) in [6, 6.07) is 8.05. The Kier molecular flexibility index (Phi) is 6.96. The molecule has 0 atom stereocenters. The van der Waals surface area contributed by atoms with E-state index in [1.165, 1.54) is 26.2 Å².